The van der Waals surface area contributed by atoms with Crippen LogP contribution in [0.5, 0.6) is 11.5 Å². The lowest BCUT2D eigenvalue weighted by Gasteiger charge is -2.16. The minimum atomic E-state index is -0.348. The van der Waals surface area contributed by atoms with Gasteiger partial charge in [-0.1, -0.05) is 53.6 Å². The average Bonchev–Trinajstić information content (AvgIpc) is 2.81. The Morgan fingerprint density at radius 1 is 0.938 bits per heavy atom. The number of halogens is 1. The van der Waals surface area contributed by atoms with Crippen molar-refractivity contribution in [2.45, 2.75) is 13.5 Å². The first kappa shape index (κ1) is 21.7. The van der Waals surface area contributed by atoms with Crippen molar-refractivity contribution in [1.82, 2.24) is 4.57 Å². The summed E-state index contributed by atoms with van der Waals surface area (Å²) in [5.41, 5.74) is 2.87. The molecule has 162 valence electrons. The van der Waals surface area contributed by atoms with Crippen LogP contribution in [0.4, 0.5) is 0 Å². The maximum absolute atomic E-state index is 13.4. The molecule has 0 spiro atoms. The highest BCUT2D eigenvalue weighted by Crippen LogP contribution is 2.31. The van der Waals surface area contributed by atoms with Gasteiger partial charge in [0.05, 0.1) is 30.7 Å². The predicted molar refractivity (Wildman–Crippen MR) is 126 cm³/mol. The van der Waals surface area contributed by atoms with Crippen LogP contribution >= 0.6 is 11.6 Å². The summed E-state index contributed by atoms with van der Waals surface area (Å²) >= 11 is 6.03. The fourth-order valence-corrected chi connectivity index (χ4v) is 3.78. The second-order valence-electron chi connectivity index (χ2n) is 7.55. The van der Waals surface area contributed by atoms with Gasteiger partial charge in [-0.15, -0.1) is 0 Å². The Hall–Kier alpha value is -3.57. The molecule has 0 saturated heterocycles. The lowest BCUT2D eigenvalue weighted by atomic mass is 10.0. The SMILES string of the molecule is COc1cc2c(=O)c(C(=O)c3ccc(C)cc3)cn(Cc3ccc(Cl)cc3)c2cc1OC. The minimum Gasteiger partial charge on any atom is -0.493 e. The molecule has 0 aliphatic heterocycles. The van der Waals surface area contributed by atoms with Crippen molar-refractivity contribution >= 4 is 28.3 Å². The fourth-order valence-electron chi connectivity index (χ4n) is 3.66. The summed E-state index contributed by atoms with van der Waals surface area (Å²) in [5, 5.41) is 1.02. The molecule has 1 aromatic heterocycles. The molecule has 1 heterocycles. The van der Waals surface area contributed by atoms with Crippen LogP contribution in [0.1, 0.15) is 27.0 Å². The van der Waals surface area contributed by atoms with Crippen LogP contribution in [0.25, 0.3) is 10.9 Å². The van der Waals surface area contributed by atoms with Gasteiger partial charge in [0.15, 0.2) is 17.3 Å². The molecule has 5 nitrogen and oxygen atoms in total. The number of aromatic nitrogens is 1. The highest BCUT2D eigenvalue weighted by atomic mass is 35.5. The Kier molecular flexibility index (Phi) is 6.01. The van der Waals surface area contributed by atoms with Crippen molar-refractivity contribution in [1.29, 1.82) is 0 Å². The van der Waals surface area contributed by atoms with Crippen molar-refractivity contribution in [3.05, 3.63) is 104 Å². The van der Waals surface area contributed by atoms with E-state index in [9.17, 15) is 9.59 Å². The Balaban J connectivity index is 1.95. The van der Waals surface area contributed by atoms with Gasteiger partial charge in [-0.05, 0) is 30.7 Å². The topological polar surface area (TPSA) is 57.5 Å². The number of ketones is 1. The van der Waals surface area contributed by atoms with Crippen molar-refractivity contribution in [2.24, 2.45) is 0 Å². The van der Waals surface area contributed by atoms with Crippen LogP contribution in [-0.4, -0.2) is 24.6 Å². The van der Waals surface area contributed by atoms with Crippen LogP contribution in [-0.2, 0) is 6.54 Å². The Morgan fingerprint density at radius 2 is 1.56 bits per heavy atom. The molecule has 3 aromatic carbocycles. The van der Waals surface area contributed by atoms with Crippen LogP contribution in [0, 0.1) is 6.92 Å². The van der Waals surface area contributed by atoms with Crippen LogP contribution in [0.15, 0.2) is 71.7 Å². The second kappa shape index (κ2) is 8.89. The summed E-state index contributed by atoms with van der Waals surface area (Å²) in [6.07, 6.45) is 1.62. The highest BCUT2D eigenvalue weighted by Gasteiger charge is 2.19. The van der Waals surface area contributed by atoms with E-state index < -0.39 is 0 Å². The standard InChI is InChI=1S/C26H22ClNO4/c1-16-4-8-18(9-5-16)25(29)21-15-28(14-17-6-10-19(27)11-7-17)22-13-24(32-3)23(31-2)12-20(22)26(21)30/h4-13,15H,14H2,1-3H3. The van der Waals surface area contributed by atoms with E-state index in [2.05, 4.69) is 0 Å². The Bertz CT molecular complexity index is 1360. The number of rotatable bonds is 6. The molecule has 0 atom stereocenters. The number of ether oxygens (including phenoxy) is 2. The van der Waals surface area contributed by atoms with E-state index in [1.807, 2.05) is 47.9 Å². The number of nitrogens with zero attached hydrogens (tertiary/aromatic N) is 1. The quantitative estimate of drug-likeness (QED) is 0.378. The lowest BCUT2D eigenvalue weighted by molar-refractivity contribution is 0.103. The van der Waals surface area contributed by atoms with Gasteiger partial charge in [0.1, 0.15) is 0 Å². The number of aryl methyl sites for hydroxylation is 1. The van der Waals surface area contributed by atoms with E-state index in [-0.39, 0.29) is 16.8 Å². The maximum atomic E-state index is 13.4. The molecule has 6 heteroatoms. The van der Waals surface area contributed by atoms with E-state index in [4.69, 9.17) is 21.1 Å². The van der Waals surface area contributed by atoms with Gasteiger partial charge in [-0.3, -0.25) is 9.59 Å². The van der Waals surface area contributed by atoms with E-state index in [0.29, 0.717) is 39.5 Å². The number of benzene rings is 3. The van der Waals surface area contributed by atoms with Crippen LogP contribution < -0.4 is 14.9 Å². The molecule has 0 N–H and O–H groups in total. The third-order valence-corrected chi connectivity index (χ3v) is 5.66. The lowest BCUT2D eigenvalue weighted by Crippen LogP contribution is -2.20. The molecule has 0 aliphatic rings. The fraction of sp³-hybridized carbons (Fsp3) is 0.154. The zero-order chi connectivity index (χ0) is 22.8. The second-order valence-corrected chi connectivity index (χ2v) is 7.98. The molecule has 0 bridgehead atoms. The summed E-state index contributed by atoms with van der Waals surface area (Å²) in [6.45, 7) is 2.39. The summed E-state index contributed by atoms with van der Waals surface area (Å²) in [5.74, 6) is 0.605. The predicted octanol–water partition coefficient (Wildman–Crippen LogP) is 5.26. The summed E-state index contributed by atoms with van der Waals surface area (Å²) in [6, 6.07) is 18.0. The number of carbonyl (C=O) groups is 1. The number of hydrogen-bond donors (Lipinski definition) is 0. The van der Waals surface area contributed by atoms with Gasteiger partial charge in [-0.25, -0.2) is 0 Å². The molecular formula is C26H22ClNO4. The molecule has 0 aliphatic carbocycles. The van der Waals surface area contributed by atoms with Gasteiger partial charge in [0.2, 0.25) is 5.43 Å². The Morgan fingerprint density at radius 3 is 2.19 bits per heavy atom. The van der Waals surface area contributed by atoms with E-state index in [1.165, 1.54) is 7.11 Å². The smallest absolute Gasteiger partial charge is 0.200 e. The van der Waals surface area contributed by atoms with Gasteiger partial charge < -0.3 is 14.0 Å². The summed E-state index contributed by atoms with van der Waals surface area (Å²) in [4.78, 5) is 26.6. The number of methoxy groups -OCH3 is 2. The third kappa shape index (κ3) is 4.12. The first-order chi connectivity index (χ1) is 15.4. The molecule has 32 heavy (non-hydrogen) atoms. The van der Waals surface area contributed by atoms with Crippen LogP contribution in [0.3, 0.4) is 0 Å². The third-order valence-electron chi connectivity index (χ3n) is 5.41. The average molecular weight is 448 g/mol. The van der Waals surface area contributed by atoms with Crippen LogP contribution in [0.2, 0.25) is 5.02 Å². The van der Waals surface area contributed by atoms with Gasteiger partial charge >= 0.3 is 0 Å². The van der Waals surface area contributed by atoms with E-state index in [1.54, 1.807) is 37.6 Å². The molecular weight excluding hydrogens is 426 g/mol. The molecule has 0 amide bonds. The molecule has 0 radical (unpaired) electrons. The Labute approximate surface area is 190 Å². The normalized spacial score (nSPS) is 10.9. The van der Waals surface area contributed by atoms with E-state index >= 15 is 0 Å². The largest absolute Gasteiger partial charge is 0.493 e. The van der Waals surface area contributed by atoms with Crippen molar-refractivity contribution < 1.29 is 14.3 Å². The first-order valence-electron chi connectivity index (χ1n) is 10.1. The van der Waals surface area contributed by atoms with Gasteiger partial charge in [0, 0.05) is 29.4 Å². The maximum Gasteiger partial charge on any atom is 0.200 e. The van der Waals surface area contributed by atoms with Gasteiger partial charge in [0.25, 0.3) is 0 Å². The number of fused-ring (bicyclic) bond motifs is 1. The molecule has 0 fully saturated rings. The summed E-state index contributed by atoms with van der Waals surface area (Å²) < 4.78 is 12.7. The number of carbonyl (C=O) groups excluding carboxylic acids is 1. The highest BCUT2D eigenvalue weighted by molar-refractivity contribution is 6.30. The van der Waals surface area contributed by atoms with Crippen molar-refractivity contribution in [3.8, 4) is 11.5 Å². The molecule has 4 aromatic rings. The zero-order valence-corrected chi connectivity index (χ0v) is 18.8. The molecule has 4 rings (SSSR count). The van der Waals surface area contributed by atoms with Crippen molar-refractivity contribution in [2.75, 3.05) is 14.2 Å². The minimum absolute atomic E-state index is 0.0996. The molecule has 0 unspecified atom stereocenters. The van der Waals surface area contributed by atoms with Crippen molar-refractivity contribution in [3.63, 3.8) is 0 Å². The first-order valence-corrected chi connectivity index (χ1v) is 10.4. The molecule has 0 saturated carbocycles. The summed E-state index contributed by atoms with van der Waals surface area (Å²) in [7, 11) is 3.05. The monoisotopic (exact) mass is 447 g/mol. The van der Waals surface area contributed by atoms with Gasteiger partial charge in [-0.2, -0.15) is 0 Å². The van der Waals surface area contributed by atoms with E-state index in [0.717, 1.165) is 11.1 Å². The zero-order valence-electron chi connectivity index (χ0n) is 18.0. The number of pyridine rings is 1. The number of hydrogen-bond acceptors (Lipinski definition) is 4.